The Kier molecular flexibility index (Phi) is 3.24. The zero-order chi connectivity index (χ0) is 11.3. The van der Waals surface area contributed by atoms with Crippen LogP contribution in [0.5, 0.6) is 0 Å². The summed E-state index contributed by atoms with van der Waals surface area (Å²) in [7, 11) is 0. The van der Waals surface area contributed by atoms with Crippen LogP contribution in [0.15, 0.2) is 34.3 Å². The van der Waals surface area contributed by atoms with Crippen molar-refractivity contribution < 1.29 is 0 Å². The van der Waals surface area contributed by atoms with Gasteiger partial charge in [-0.15, -0.1) is 0 Å². The first-order valence-electron chi connectivity index (χ1n) is 4.06. The SMILES string of the molecule is N#Cc1ccccc1N=C(N)N=C(N)N. The van der Waals surface area contributed by atoms with Gasteiger partial charge in [0.2, 0.25) is 5.96 Å². The molecule has 0 unspecified atom stereocenters. The van der Waals surface area contributed by atoms with Crippen LogP contribution in [0.25, 0.3) is 0 Å². The zero-order valence-corrected chi connectivity index (χ0v) is 7.88. The quantitative estimate of drug-likeness (QED) is 0.429. The number of hydrogen-bond acceptors (Lipinski definition) is 2. The Morgan fingerprint density at radius 3 is 2.47 bits per heavy atom. The minimum Gasteiger partial charge on any atom is -0.370 e. The van der Waals surface area contributed by atoms with E-state index in [0.717, 1.165) is 0 Å². The number of aliphatic imine (C=N–C) groups is 2. The van der Waals surface area contributed by atoms with Crippen LogP contribution in [-0.4, -0.2) is 11.9 Å². The fraction of sp³-hybridized carbons (Fsp3) is 0. The summed E-state index contributed by atoms with van der Waals surface area (Å²) in [5, 5.41) is 8.77. The highest BCUT2D eigenvalue weighted by Crippen LogP contribution is 2.16. The number of nitrogens with zero attached hydrogens (tertiary/aromatic N) is 3. The van der Waals surface area contributed by atoms with E-state index in [0.29, 0.717) is 11.3 Å². The van der Waals surface area contributed by atoms with Gasteiger partial charge in [0.25, 0.3) is 0 Å². The lowest BCUT2D eigenvalue weighted by Gasteiger charge is -1.97. The molecule has 1 rings (SSSR count). The summed E-state index contributed by atoms with van der Waals surface area (Å²) in [5.41, 5.74) is 16.5. The molecule has 0 aliphatic heterocycles. The molecule has 6 N–H and O–H groups in total. The number of rotatable bonds is 1. The molecule has 15 heavy (non-hydrogen) atoms. The summed E-state index contributed by atoms with van der Waals surface area (Å²) < 4.78 is 0. The van der Waals surface area contributed by atoms with Crippen LogP contribution in [0.4, 0.5) is 5.69 Å². The fourth-order valence-electron chi connectivity index (χ4n) is 0.946. The van der Waals surface area contributed by atoms with Crippen molar-refractivity contribution in [2.24, 2.45) is 27.2 Å². The van der Waals surface area contributed by atoms with Gasteiger partial charge in [0.1, 0.15) is 6.07 Å². The molecule has 0 saturated carbocycles. The molecule has 0 atom stereocenters. The third-order valence-corrected chi connectivity index (χ3v) is 1.50. The molecule has 0 heterocycles. The van der Waals surface area contributed by atoms with Crippen LogP contribution >= 0.6 is 0 Å². The number of benzene rings is 1. The van der Waals surface area contributed by atoms with Crippen LogP contribution < -0.4 is 17.2 Å². The average molecular weight is 202 g/mol. The van der Waals surface area contributed by atoms with E-state index in [2.05, 4.69) is 9.98 Å². The Labute approximate surface area is 86.7 Å². The second-order valence-corrected chi connectivity index (χ2v) is 2.64. The predicted octanol–water partition coefficient (Wildman–Crippen LogP) is -0.222. The minimum atomic E-state index is -0.175. The molecule has 0 aromatic heterocycles. The van der Waals surface area contributed by atoms with E-state index in [9.17, 15) is 0 Å². The number of nitrogens with two attached hydrogens (primary N) is 3. The molecule has 0 aliphatic rings. The lowest BCUT2D eigenvalue weighted by atomic mass is 10.2. The monoisotopic (exact) mass is 202 g/mol. The van der Waals surface area contributed by atoms with Crippen molar-refractivity contribution in [1.29, 1.82) is 5.26 Å². The Hall–Kier alpha value is -2.55. The molecule has 0 bridgehead atoms. The van der Waals surface area contributed by atoms with Crippen molar-refractivity contribution in [2.45, 2.75) is 0 Å². The first kappa shape index (κ1) is 10.5. The summed E-state index contributed by atoms with van der Waals surface area (Å²) in [5.74, 6) is -0.261. The second-order valence-electron chi connectivity index (χ2n) is 2.64. The summed E-state index contributed by atoms with van der Waals surface area (Å²) in [4.78, 5) is 7.43. The van der Waals surface area contributed by atoms with Crippen molar-refractivity contribution in [2.75, 3.05) is 0 Å². The standard InChI is InChI=1S/C9H10N6/c10-5-6-3-1-2-4-7(6)14-9(13)15-8(11)12/h1-4H,(H6,11,12,13,14,15). The molecule has 6 heteroatoms. The molecule has 0 saturated heterocycles. The summed E-state index contributed by atoms with van der Waals surface area (Å²) in [6.07, 6.45) is 0. The molecule has 0 aliphatic carbocycles. The van der Waals surface area contributed by atoms with Gasteiger partial charge in [-0.05, 0) is 12.1 Å². The molecule has 0 radical (unpaired) electrons. The van der Waals surface area contributed by atoms with Crippen LogP contribution in [-0.2, 0) is 0 Å². The predicted molar refractivity (Wildman–Crippen MR) is 58.2 cm³/mol. The highest BCUT2D eigenvalue weighted by molar-refractivity contribution is 5.93. The van der Waals surface area contributed by atoms with E-state index in [4.69, 9.17) is 22.5 Å². The van der Waals surface area contributed by atoms with Gasteiger partial charge in [0, 0.05) is 0 Å². The first-order valence-corrected chi connectivity index (χ1v) is 4.06. The minimum absolute atomic E-state index is 0.0855. The fourth-order valence-corrected chi connectivity index (χ4v) is 0.946. The van der Waals surface area contributed by atoms with E-state index in [1.165, 1.54) is 0 Å². The molecule has 1 aromatic carbocycles. The van der Waals surface area contributed by atoms with Gasteiger partial charge in [-0.1, -0.05) is 12.1 Å². The molecule has 1 aromatic rings. The summed E-state index contributed by atoms with van der Waals surface area (Å²) >= 11 is 0. The van der Waals surface area contributed by atoms with E-state index in [1.54, 1.807) is 24.3 Å². The van der Waals surface area contributed by atoms with Gasteiger partial charge < -0.3 is 17.2 Å². The molecule has 6 nitrogen and oxygen atoms in total. The van der Waals surface area contributed by atoms with Crippen LogP contribution in [0.3, 0.4) is 0 Å². The second kappa shape index (κ2) is 4.62. The Bertz CT molecular complexity index is 450. The van der Waals surface area contributed by atoms with Crippen molar-refractivity contribution in [1.82, 2.24) is 0 Å². The van der Waals surface area contributed by atoms with Gasteiger partial charge >= 0.3 is 0 Å². The normalized spacial score (nSPS) is 10.5. The van der Waals surface area contributed by atoms with E-state index < -0.39 is 0 Å². The van der Waals surface area contributed by atoms with Gasteiger partial charge in [-0.25, -0.2) is 4.99 Å². The first-order chi connectivity index (χ1) is 7.13. The smallest absolute Gasteiger partial charge is 0.223 e. The van der Waals surface area contributed by atoms with Crippen molar-refractivity contribution in [3.8, 4) is 6.07 Å². The highest BCUT2D eigenvalue weighted by atomic mass is 15.1. The van der Waals surface area contributed by atoms with Gasteiger partial charge in [0.05, 0.1) is 11.3 Å². The number of guanidine groups is 2. The van der Waals surface area contributed by atoms with E-state index >= 15 is 0 Å². The Morgan fingerprint density at radius 1 is 1.20 bits per heavy atom. The topological polar surface area (TPSA) is 127 Å². The lowest BCUT2D eigenvalue weighted by molar-refractivity contribution is 1.36. The van der Waals surface area contributed by atoms with E-state index in [1.807, 2.05) is 6.07 Å². The highest BCUT2D eigenvalue weighted by Gasteiger charge is 1.99. The largest absolute Gasteiger partial charge is 0.370 e. The van der Waals surface area contributed by atoms with E-state index in [-0.39, 0.29) is 11.9 Å². The molecule has 0 spiro atoms. The third-order valence-electron chi connectivity index (χ3n) is 1.50. The van der Waals surface area contributed by atoms with Crippen molar-refractivity contribution >= 4 is 17.6 Å². The van der Waals surface area contributed by atoms with Crippen LogP contribution in [0.1, 0.15) is 5.56 Å². The summed E-state index contributed by atoms with van der Waals surface area (Å²) in [6.45, 7) is 0. The maximum atomic E-state index is 8.77. The molecule has 76 valence electrons. The molecule has 0 fully saturated rings. The molecule has 0 amide bonds. The molecular formula is C9H10N6. The number of hydrogen-bond donors (Lipinski definition) is 3. The molecular weight excluding hydrogens is 192 g/mol. The Balaban J connectivity index is 3.09. The van der Waals surface area contributed by atoms with Gasteiger partial charge in [0.15, 0.2) is 5.96 Å². The average Bonchev–Trinajstić information content (AvgIpc) is 2.17. The third kappa shape index (κ3) is 3.00. The van der Waals surface area contributed by atoms with Crippen molar-refractivity contribution in [3.63, 3.8) is 0 Å². The van der Waals surface area contributed by atoms with Crippen molar-refractivity contribution in [3.05, 3.63) is 29.8 Å². The van der Waals surface area contributed by atoms with Crippen LogP contribution in [0, 0.1) is 11.3 Å². The number of para-hydroxylation sites is 1. The van der Waals surface area contributed by atoms with Gasteiger partial charge in [-0.3, -0.25) is 0 Å². The Morgan fingerprint density at radius 2 is 1.87 bits per heavy atom. The van der Waals surface area contributed by atoms with Gasteiger partial charge in [-0.2, -0.15) is 10.3 Å². The lowest BCUT2D eigenvalue weighted by Crippen LogP contribution is -2.26. The maximum absolute atomic E-state index is 8.77. The summed E-state index contributed by atoms with van der Waals surface area (Å²) in [6, 6.07) is 8.72. The van der Waals surface area contributed by atoms with Crippen LogP contribution in [0.2, 0.25) is 0 Å². The zero-order valence-electron chi connectivity index (χ0n) is 7.88. The number of nitriles is 1. The maximum Gasteiger partial charge on any atom is 0.223 e.